The Labute approximate surface area is 180 Å². The van der Waals surface area contributed by atoms with Crippen LogP contribution in [0.1, 0.15) is 27.2 Å². The van der Waals surface area contributed by atoms with Gasteiger partial charge >= 0.3 is 0 Å². The number of hydrogen-bond donors (Lipinski definition) is 0. The van der Waals surface area contributed by atoms with Gasteiger partial charge in [0.15, 0.2) is 0 Å². The van der Waals surface area contributed by atoms with E-state index in [2.05, 4.69) is 28.2 Å². The second-order valence-electron chi connectivity index (χ2n) is 8.12. The molecule has 1 fully saturated rings. The van der Waals surface area contributed by atoms with E-state index < -0.39 is 0 Å². The van der Waals surface area contributed by atoms with Gasteiger partial charge in [0, 0.05) is 39.1 Å². The molecule has 0 atom stereocenters. The molecule has 0 saturated carbocycles. The number of carbonyl (C=O) groups excluding carboxylic acids is 1. The van der Waals surface area contributed by atoms with E-state index in [4.69, 9.17) is 4.74 Å². The fraction of sp³-hybridized carbons (Fsp3) is 0.333. The van der Waals surface area contributed by atoms with Gasteiger partial charge in [-0.1, -0.05) is 24.3 Å². The molecule has 2 aromatic carbocycles. The van der Waals surface area contributed by atoms with E-state index >= 15 is 0 Å². The van der Waals surface area contributed by atoms with Crippen LogP contribution in [0.5, 0.6) is 5.75 Å². The number of hydrogen-bond acceptors (Lipinski definition) is 4. The molecule has 1 amide bonds. The minimum atomic E-state index is -0.362. The van der Waals surface area contributed by atoms with Crippen molar-refractivity contribution < 1.29 is 13.9 Å². The van der Waals surface area contributed by atoms with Gasteiger partial charge in [0.25, 0.3) is 5.91 Å². The molecule has 5 rings (SSSR count). The van der Waals surface area contributed by atoms with E-state index in [9.17, 15) is 9.18 Å². The third-order valence-electron chi connectivity index (χ3n) is 6.14. The zero-order chi connectivity index (χ0) is 21.4. The number of carbonyl (C=O) groups is 1. The van der Waals surface area contributed by atoms with E-state index in [1.807, 2.05) is 4.90 Å². The molecular weight excluding hydrogens is 395 g/mol. The molecule has 1 aromatic heterocycles. The SMILES string of the molecule is Cc1c(C(=O)N2CCN(Cc3ccc4c(c3)CCO4)CC2)cnn1-c1ccccc1F. The van der Waals surface area contributed by atoms with Crippen LogP contribution in [-0.4, -0.2) is 58.3 Å². The molecule has 0 aliphatic carbocycles. The molecule has 160 valence electrons. The molecule has 2 aliphatic rings. The minimum Gasteiger partial charge on any atom is -0.493 e. The first-order chi connectivity index (χ1) is 15.1. The van der Waals surface area contributed by atoms with E-state index in [1.165, 1.54) is 21.9 Å². The predicted octanol–water partition coefficient (Wildman–Crippen LogP) is 3.21. The minimum absolute atomic E-state index is 0.0468. The third kappa shape index (κ3) is 3.81. The number of benzene rings is 2. The molecule has 3 heterocycles. The van der Waals surface area contributed by atoms with Crippen molar-refractivity contribution >= 4 is 5.91 Å². The van der Waals surface area contributed by atoms with Gasteiger partial charge < -0.3 is 9.64 Å². The lowest BCUT2D eigenvalue weighted by Gasteiger charge is -2.34. The molecule has 0 bridgehead atoms. The molecule has 0 N–H and O–H groups in total. The number of aromatic nitrogens is 2. The maximum atomic E-state index is 14.1. The number of ether oxygens (including phenoxy) is 1. The predicted molar refractivity (Wildman–Crippen MR) is 115 cm³/mol. The Morgan fingerprint density at radius 2 is 1.94 bits per heavy atom. The summed E-state index contributed by atoms with van der Waals surface area (Å²) in [6.45, 7) is 6.42. The number of piperazine rings is 1. The van der Waals surface area contributed by atoms with Gasteiger partial charge in [-0.15, -0.1) is 0 Å². The van der Waals surface area contributed by atoms with Gasteiger partial charge in [0.2, 0.25) is 0 Å². The van der Waals surface area contributed by atoms with Crippen LogP contribution < -0.4 is 4.74 Å². The summed E-state index contributed by atoms with van der Waals surface area (Å²) in [4.78, 5) is 17.3. The number of rotatable bonds is 4. The quantitative estimate of drug-likeness (QED) is 0.651. The van der Waals surface area contributed by atoms with Gasteiger partial charge in [-0.3, -0.25) is 9.69 Å². The maximum absolute atomic E-state index is 14.1. The fourth-order valence-corrected chi connectivity index (χ4v) is 4.36. The lowest BCUT2D eigenvalue weighted by atomic mass is 10.1. The van der Waals surface area contributed by atoms with Crippen molar-refractivity contribution in [1.29, 1.82) is 0 Å². The molecule has 3 aromatic rings. The Morgan fingerprint density at radius 3 is 2.74 bits per heavy atom. The van der Waals surface area contributed by atoms with E-state index in [1.54, 1.807) is 31.3 Å². The number of nitrogens with zero attached hydrogens (tertiary/aromatic N) is 4. The Hall–Kier alpha value is -3.19. The average Bonchev–Trinajstić information content (AvgIpc) is 3.40. The number of halogens is 1. The van der Waals surface area contributed by atoms with Crippen LogP contribution in [0.4, 0.5) is 4.39 Å². The number of amides is 1. The molecule has 0 unspecified atom stereocenters. The summed E-state index contributed by atoms with van der Waals surface area (Å²) in [5.41, 5.74) is 4.09. The van der Waals surface area contributed by atoms with Gasteiger partial charge in [-0.25, -0.2) is 9.07 Å². The number of para-hydroxylation sites is 1. The zero-order valence-corrected chi connectivity index (χ0v) is 17.6. The first-order valence-electron chi connectivity index (χ1n) is 10.7. The lowest BCUT2D eigenvalue weighted by Crippen LogP contribution is -2.48. The summed E-state index contributed by atoms with van der Waals surface area (Å²) < 4.78 is 21.2. The van der Waals surface area contributed by atoms with E-state index in [-0.39, 0.29) is 11.7 Å². The highest BCUT2D eigenvalue weighted by molar-refractivity contribution is 5.95. The summed E-state index contributed by atoms with van der Waals surface area (Å²) >= 11 is 0. The largest absolute Gasteiger partial charge is 0.493 e. The first kappa shape index (κ1) is 19.8. The van der Waals surface area contributed by atoms with Crippen LogP contribution >= 0.6 is 0 Å². The van der Waals surface area contributed by atoms with Crippen molar-refractivity contribution in [2.24, 2.45) is 0 Å². The highest BCUT2D eigenvalue weighted by Gasteiger charge is 2.26. The Balaban J connectivity index is 1.23. The summed E-state index contributed by atoms with van der Waals surface area (Å²) in [7, 11) is 0. The van der Waals surface area contributed by atoms with Crippen LogP contribution in [0.3, 0.4) is 0 Å². The average molecular weight is 420 g/mol. The summed E-state index contributed by atoms with van der Waals surface area (Å²) in [5.74, 6) is 0.597. The van der Waals surface area contributed by atoms with Gasteiger partial charge in [0.05, 0.1) is 24.1 Å². The van der Waals surface area contributed by atoms with Gasteiger partial charge in [0.1, 0.15) is 17.3 Å². The first-order valence-corrected chi connectivity index (χ1v) is 10.7. The highest BCUT2D eigenvalue weighted by Crippen LogP contribution is 2.26. The van der Waals surface area contributed by atoms with Crippen LogP contribution in [0.25, 0.3) is 5.69 Å². The van der Waals surface area contributed by atoms with Crippen molar-refractivity contribution in [3.63, 3.8) is 0 Å². The normalized spacial score (nSPS) is 16.3. The van der Waals surface area contributed by atoms with Crippen molar-refractivity contribution in [2.75, 3.05) is 32.8 Å². The lowest BCUT2D eigenvalue weighted by molar-refractivity contribution is 0.0627. The highest BCUT2D eigenvalue weighted by atomic mass is 19.1. The van der Waals surface area contributed by atoms with Crippen LogP contribution in [0.15, 0.2) is 48.7 Å². The topological polar surface area (TPSA) is 50.6 Å². The molecular formula is C24H25FN4O2. The van der Waals surface area contributed by atoms with Gasteiger partial charge in [-0.2, -0.15) is 5.10 Å². The van der Waals surface area contributed by atoms with Crippen molar-refractivity contribution in [3.8, 4) is 11.4 Å². The second kappa shape index (κ2) is 8.15. The molecule has 2 aliphatic heterocycles. The molecule has 31 heavy (non-hydrogen) atoms. The Bertz CT molecular complexity index is 1120. The second-order valence-corrected chi connectivity index (χ2v) is 8.12. The number of fused-ring (bicyclic) bond motifs is 1. The molecule has 6 nitrogen and oxygen atoms in total. The van der Waals surface area contributed by atoms with E-state index in [0.29, 0.717) is 30.0 Å². The molecule has 0 spiro atoms. The third-order valence-corrected chi connectivity index (χ3v) is 6.14. The van der Waals surface area contributed by atoms with Crippen molar-refractivity contribution in [3.05, 3.63) is 76.9 Å². The van der Waals surface area contributed by atoms with Crippen LogP contribution in [0.2, 0.25) is 0 Å². The van der Waals surface area contributed by atoms with Crippen molar-refractivity contribution in [1.82, 2.24) is 19.6 Å². The summed E-state index contributed by atoms with van der Waals surface area (Å²) in [6, 6.07) is 12.9. The van der Waals surface area contributed by atoms with Crippen LogP contribution in [0, 0.1) is 12.7 Å². The summed E-state index contributed by atoms with van der Waals surface area (Å²) in [6.07, 6.45) is 2.52. The Morgan fingerprint density at radius 1 is 1.13 bits per heavy atom. The standard InChI is InChI=1S/C24H25FN4O2/c1-17-20(15-26-29(17)22-5-3-2-4-21(22)25)24(30)28-11-9-27(10-12-28)16-18-6-7-23-19(14-18)8-13-31-23/h2-7,14-15H,8-13,16H2,1H3. The van der Waals surface area contributed by atoms with E-state index in [0.717, 1.165) is 38.4 Å². The van der Waals surface area contributed by atoms with Crippen molar-refractivity contribution in [2.45, 2.75) is 19.9 Å². The maximum Gasteiger partial charge on any atom is 0.257 e. The van der Waals surface area contributed by atoms with Gasteiger partial charge in [-0.05, 0) is 36.2 Å². The monoisotopic (exact) mass is 420 g/mol. The Kier molecular flexibility index (Phi) is 5.19. The van der Waals surface area contributed by atoms with Crippen LogP contribution in [-0.2, 0) is 13.0 Å². The zero-order valence-electron chi connectivity index (χ0n) is 17.6. The molecule has 0 radical (unpaired) electrons. The molecule has 7 heteroatoms. The molecule has 1 saturated heterocycles. The summed E-state index contributed by atoms with van der Waals surface area (Å²) in [5, 5.41) is 4.27. The fourth-order valence-electron chi connectivity index (χ4n) is 4.36. The smallest absolute Gasteiger partial charge is 0.257 e.